The van der Waals surface area contributed by atoms with Gasteiger partial charge in [-0.15, -0.1) is 23.4 Å². The quantitative estimate of drug-likeness (QED) is 0.759. The van der Waals surface area contributed by atoms with Crippen molar-refractivity contribution >= 4 is 5.82 Å². The summed E-state index contributed by atoms with van der Waals surface area (Å²) in [6.45, 7) is 7.94. The topological polar surface area (TPSA) is 82.5 Å². The van der Waals surface area contributed by atoms with Crippen LogP contribution in [0.5, 0.6) is 0 Å². The number of aromatic nitrogens is 5. The Morgan fingerprint density at radius 3 is 2.75 bits per heavy atom. The molecule has 2 rings (SSSR count). The van der Waals surface area contributed by atoms with E-state index in [1.165, 1.54) is 0 Å². The Balaban J connectivity index is 2.65. The zero-order chi connectivity index (χ0) is 11.5. The first-order valence-corrected chi connectivity index (χ1v) is 4.83. The van der Waals surface area contributed by atoms with Gasteiger partial charge in [-0.3, -0.25) is 0 Å². The van der Waals surface area contributed by atoms with E-state index in [0.29, 0.717) is 30.3 Å². The summed E-state index contributed by atoms with van der Waals surface area (Å²) in [4.78, 5) is 4.33. The van der Waals surface area contributed by atoms with Crippen molar-refractivity contribution in [3.05, 3.63) is 31.1 Å². The van der Waals surface area contributed by atoms with Crippen LogP contribution < -0.4 is 5.73 Å². The van der Waals surface area contributed by atoms with E-state index >= 15 is 0 Å². The van der Waals surface area contributed by atoms with Gasteiger partial charge in [0.2, 0.25) is 5.82 Å². The van der Waals surface area contributed by atoms with Crippen LogP contribution >= 0.6 is 0 Å². The zero-order valence-corrected chi connectivity index (χ0v) is 8.80. The smallest absolute Gasteiger partial charge is 0.209 e. The van der Waals surface area contributed by atoms with Crippen LogP contribution in [0.4, 0.5) is 5.82 Å². The van der Waals surface area contributed by atoms with E-state index in [1.54, 1.807) is 12.2 Å². The molecule has 0 aromatic carbocycles. The standard InChI is InChI=1S/C10H12N6/c1-3-5-7-12-10-8(13-15-14-10)9(11)16(7)6-4-2/h3-4H,1-2,5-6,11H2. The lowest BCUT2D eigenvalue weighted by atomic mass is 10.3. The molecule has 0 aliphatic carbocycles. The normalized spacial score (nSPS) is 10.5. The Morgan fingerprint density at radius 1 is 1.25 bits per heavy atom. The van der Waals surface area contributed by atoms with Crippen LogP contribution in [0.2, 0.25) is 0 Å². The predicted octanol–water partition coefficient (Wildman–Crippen LogP) is 0.670. The number of nitrogen functional groups attached to an aromatic ring is 1. The van der Waals surface area contributed by atoms with Crippen molar-refractivity contribution in [3.8, 4) is 11.5 Å². The van der Waals surface area contributed by atoms with Crippen molar-refractivity contribution in [1.29, 1.82) is 0 Å². The molecule has 0 radical (unpaired) electrons. The van der Waals surface area contributed by atoms with Crippen LogP contribution in [-0.4, -0.2) is 25.0 Å². The van der Waals surface area contributed by atoms with Gasteiger partial charge in [0.25, 0.3) is 0 Å². The van der Waals surface area contributed by atoms with Gasteiger partial charge < -0.3 is 10.3 Å². The molecule has 0 amide bonds. The highest BCUT2D eigenvalue weighted by atomic mass is 15.4. The van der Waals surface area contributed by atoms with Gasteiger partial charge in [0.1, 0.15) is 11.6 Å². The van der Waals surface area contributed by atoms with Crippen LogP contribution in [-0.2, 0) is 13.0 Å². The summed E-state index contributed by atoms with van der Waals surface area (Å²) in [5.74, 6) is 1.75. The maximum Gasteiger partial charge on any atom is 0.209 e. The molecule has 6 heteroatoms. The van der Waals surface area contributed by atoms with Crippen molar-refractivity contribution < 1.29 is 0 Å². The monoisotopic (exact) mass is 216 g/mol. The summed E-state index contributed by atoms with van der Waals surface area (Å²) in [7, 11) is 0. The molecule has 6 nitrogen and oxygen atoms in total. The Labute approximate surface area is 92.9 Å². The fourth-order valence-corrected chi connectivity index (χ4v) is 1.51. The van der Waals surface area contributed by atoms with E-state index in [2.05, 4.69) is 33.6 Å². The van der Waals surface area contributed by atoms with Crippen LogP contribution in [0, 0.1) is 0 Å². The lowest BCUT2D eigenvalue weighted by Gasteiger charge is -2.14. The number of hydrogen-bond acceptors (Lipinski definition) is 5. The van der Waals surface area contributed by atoms with Gasteiger partial charge in [-0.05, 0) is 5.21 Å². The summed E-state index contributed by atoms with van der Waals surface area (Å²) in [6, 6.07) is 0. The minimum Gasteiger partial charge on any atom is -0.383 e. The number of anilines is 1. The van der Waals surface area contributed by atoms with Crippen LogP contribution in [0.3, 0.4) is 0 Å². The van der Waals surface area contributed by atoms with Crippen LogP contribution in [0.25, 0.3) is 11.5 Å². The molecule has 2 heterocycles. The summed E-state index contributed by atoms with van der Waals surface area (Å²) in [6.07, 6.45) is 4.12. The third-order valence-corrected chi connectivity index (χ3v) is 2.21. The summed E-state index contributed by atoms with van der Waals surface area (Å²) in [5.41, 5.74) is 6.50. The molecule has 0 aromatic rings. The van der Waals surface area contributed by atoms with Crippen molar-refractivity contribution in [1.82, 2.24) is 25.0 Å². The minimum atomic E-state index is 0.467. The molecule has 16 heavy (non-hydrogen) atoms. The molecular formula is C10H12N6. The van der Waals surface area contributed by atoms with Crippen molar-refractivity contribution in [2.75, 3.05) is 5.73 Å². The second-order valence-electron chi connectivity index (χ2n) is 3.27. The Hall–Kier alpha value is -2.24. The highest BCUT2D eigenvalue weighted by Crippen LogP contribution is 2.22. The SMILES string of the molecule is C=CCc1nc2nnnc-2c(N)n1CC=C. The molecule has 82 valence electrons. The molecule has 0 atom stereocenters. The first-order chi connectivity index (χ1) is 7.77. The van der Waals surface area contributed by atoms with E-state index in [-0.39, 0.29) is 0 Å². The Bertz CT molecular complexity index is 500. The van der Waals surface area contributed by atoms with Crippen molar-refractivity contribution in [3.63, 3.8) is 0 Å². The zero-order valence-electron chi connectivity index (χ0n) is 8.80. The second-order valence-corrected chi connectivity index (χ2v) is 3.27. The third-order valence-electron chi connectivity index (χ3n) is 2.21. The molecule has 2 aliphatic rings. The fourth-order valence-electron chi connectivity index (χ4n) is 1.51. The van der Waals surface area contributed by atoms with E-state index in [4.69, 9.17) is 5.73 Å². The number of rotatable bonds is 4. The summed E-state index contributed by atoms with van der Waals surface area (Å²) < 4.78 is 1.83. The van der Waals surface area contributed by atoms with Gasteiger partial charge in [0, 0.05) is 13.0 Å². The number of hydrogen-bond donors (Lipinski definition) is 1. The average Bonchev–Trinajstić information content (AvgIpc) is 2.72. The van der Waals surface area contributed by atoms with Gasteiger partial charge in [-0.1, -0.05) is 12.2 Å². The predicted molar refractivity (Wildman–Crippen MR) is 60.7 cm³/mol. The highest BCUT2D eigenvalue weighted by Gasteiger charge is 2.18. The lowest BCUT2D eigenvalue weighted by molar-refractivity contribution is 0.736. The second kappa shape index (κ2) is 4.09. The van der Waals surface area contributed by atoms with Crippen LogP contribution in [0.1, 0.15) is 5.82 Å². The first kappa shape index (κ1) is 10.3. The highest BCUT2D eigenvalue weighted by molar-refractivity contribution is 5.64. The van der Waals surface area contributed by atoms with E-state index in [0.717, 1.165) is 5.82 Å². The van der Waals surface area contributed by atoms with Gasteiger partial charge in [-0.2, -0.15) is 0 Å². The Kier molecular flexibility index (Phi) is 2.63. The molecule has 0 saturated carbocycles. The molecule has 2 N–H and O–H groups in total. The maximum atomic E-state index is 5.98. The number of nitrogens with two attached hydrogens (primary N) is 1. The van der Waals surface area contributed by atoms with Crippen LogP contribution in [0.15, 0.2) is 25.3 Å². The molecule has 0 bridgehead atoms. The first-order valence-electron chi connectivity index (χ1n) is 4.83. The van der Waals surface area contributed by atoms with Crippen molar-refractivity contribution in [2.24, 2.45) is 0 Å². The molecular weight excluding hydrogens is 204 g/mol. The average molecular weight is 216 g/mol. The van der Waals surface area contributed by atoms with E-state index in [1.807, 2.05) is 4.57 Å². The number of nitrogens with zero attached hydrogens (tertiary/aromatic N) is 5. The van der Waals surface area contributed by atoms with E-state index in [9.17, 15) is 0 Å². The van der Waals surface area contributed by atoms with Gasteiger partial charge >= 0.3 is 0 Å². The van der Waals surface area contributed by atoms with Gasteiger partial charge in [-0.25, -0.2) is 4.98 Å². The minimum absolute atomic E-state index is 0.467. The third kappa shape index (κ3) is 1.54. The number of fused-ring (bicyclic) bond motifs is 1. The summed E-state index contributed by atoms with van der Waals surface area (Å²) >= 11 is 0. The lowest BCUT2D eigenvalue weighted by Crippen LogP contribution is -2.15. The molecule has 0 saturated heterocycles. The maximum absolute atomic E-state index is 5.98. The molecule has 0 unspecified atom stereocenters. The molecule has 0 spiro atoms. The Morgan fingerprint density at radius 2 is 2.06 bits per heavy atom. The van der Waals surface area contributed by atoms with Crippen molar-refractivity contribution in [2.45, 2.75) is 13.0 Å². The molecule has 0 fully saturated rings. The van der Waals surface area contributed by atoms with E-state index < -0.39 is 0 Å². The largest absolute Gasteiger partial charge is 0.383 e. The molecule has 0 aromatic heterocycles. The summed E-state index contributed by atoms with van der Waals surface area (Å²) in [5, 5.41) is 11.2. The molecule has 2 aliphatic heterocycles. The fraction of sp³-hybridized carbons (Fsp3) is 0.200. The van der Waals surface area contributed by atoms with Gasteiger partial charge in [0.05, 0.1) is 0 Å². The number of allylic oxidation sites excluding steroid dienone is 2. The van der Waals surface area contributed by atoms with Gasteiger partial charge in [0.15, 0.2) is 5.69 Å².